The van der Waals surface area contributed by atoms with Crippen LogP contribution < -0.4 is 5.32 Å². The van der Waals surface area contributed by atoms with Crippen LogP contribution in [0, 0.1) is 11.3 Å². The quantitative estimate of drug-likeness (QED) is 0.620. The van der Waals surface area contributed by atoms with Gasteiger partial charge in [-0.05, 0) is 70.6 Å². The van der Waals surface area contributed by atoms with Crippen molar-refractivity contribution in [2.24, 2.45) is 11.3 Å². The first kappa shape index (κ1) is 19.7. The topological polar surface area (TPSA) is 12.0 Å². The molecule has 2 aliphatic carbocycles. The van der Waals surface area contributed by atoms with Crippen molar-refractivity contribution in [2.75, 3.05) is 6.54 Å². The van der Waals surface area contributed by atoms with Crippen LogP contribution in [0.3, 0.4) is 0 Å². The molecule has 0 aromatic heterocycles. The molecule has 0 heterocycles. The van der Waals surface area contributed by atoms with Gasteiger partial charge in [-0.1, -0.05) is 82.6 Å². The smallest absolute Gasteiger partial charge is 0.0205 e. The van der Waals surface area contributed by atoms with E-state index in [0.717, 1.165) is 19.0 Å². The third kappa shape index (κ3) is 3.54. The lowest BCUT2D eigenvalue weighted by Gasteiger charge is -2.55. The summed E-state index contributed by atoms with van der Waals surface area (Å²) < 4.78 is 0. The Bertz CT molecular complexity index is 808. The Hall–Kier alpha value is -1.60. The van der Waals surface area contributed by atoms with Gasteiger partial charge in [0.05, 0.1) is 0 Å². The van der Waals surface area contributed by atoms with E-state index in [9.17, 15) is 0 Å². The molecular weight excluding hydrogens is 338 g/mol. The number of benzene rings is 2. The van der Waals surface area contributed by atoms with E-state index in [0.29, 0.717) is 16.7 Å². The molecule has 0 radical (unpaired) electrons. The van der Waals surface area contributed by atoms with E-state index in [4.69, 9.17) is 0 Å². The molecule has 2 aliphatic rings. The second-order valence-corrected chi connectivity index (χ2v) is 10.2. The molecule has 1 nitrogen and oxygen atoms in total. The number of aryl methyl sites for hydroxylation is 1. The number of hydrogen-bond donors (Lipinski definition) is 1. The first-order chi connectivity index (χ1) is 13.4. The minimum Gasteiger partial charge on any atom is -0.312 e. The van der Waals surface area contributed by atoms with Crippen LogP contribution in [0.25, 0.3) is 0 Å². The Morgan fingerprint density at radius 1 is 1.04 bits per heavy atom. The maximum absolute atomic E-state index is 3.81. The average Bonchev–Trinajstić information content (AvgIpc) is 2.68. The highest BCUT2D eigenvalue weighted by atomic mass is 14.9. The van der Waals surface area contributed by atoms with Gasteiger partial charge in [-0.15, -0.1) is 0 Å². The average molecular weight is 376 g/mol. The summed E-state index contributed by atoms with van der Waals surface area (Å²) >= 11 is 0. The molecule has 1 saturated carbocycles. The largest absolute Gasteiger partial charge is 0.312 e. The second-order valence-electron chi connectivity index (χ2n) is 10.2. The lowest BCUT2D eigenvalue weighted by Crippen LogP contribution is -2.52. The van der Waals surface area contributed by atoms with Crippen LogP contribution in [0.1, 0.15) is 81.5 Å². The summed E-state index contributed by atoms with van der Waals surface area (Å²) in [5.74, 6) is 1.39. The van der Waals surface area contributed by atoms with Gasteiger partial charge in [0.1, 0.15) is 0 Å². The fourth-order valence-corrected chi connectivity index (χ4v) is 6.30. The number of nitrogens with one attached hydrogen (secondary N) is 1. The zero-order valence-electron chi connectivity index (χ0n) is 18.2. The van der Waals surface area contributed by atoms with Crippen molar-refractivity contribution in [2.45, 2.75) is 77.7 Å². The highest BCUT2D eigenvalue weighted by Crippen LogP contribution is 2.57. The van der Waals surface area contributed by atoms with Crippen LogP contribution in [0.5, 0.6) is 0 Å². The predicted octanol–water partition coefficient (Wildman–Crippen LogP) is 6.61. The van der Waals surface area contributed by atoms with Crippen molar-refractivity contribution in [1.29, 1.82) is 0 Å². The van der Waals surface area contributed by atoms with E-state index in [1.165, 1.54) is 43.2 Å². The second kappa shape index (κ2) is 7.67. The van der Waals surface area contributed by atoms with Crippen LogP contribution in [-0.2, 0) is 18.4 Å². The van der Waals surface area contributed by atoms with Crippen molar-refractivity contribution in [1.82, 2.24) is 5.32 Å². The van der Waals surface area contributed by atoms with E-state index in [-0.39, 0.29) is 0 Å². The molecule has 1 fully saturated rings. The van der Waals surface area contributed by atoms with Gasteiger partial charge < -0.3 is 5.32 Å². The molecule has 28 heavy (non-hydrogen) atoms. The molecule has 0 unspecified atom stereocenters. The van der Waals surface area contributed by atoms with Crippen molar-refractivity contribution in [3.05, 3.63) is 70.8 Å². The maximum atomic E-state index is 3.81. The van der Waals surface area contributed by atoms with E-state index in [1.807, 2.05) is 0 Å². The summed E-state index contributed by atoms with van der Waals surface area (Å²) in [6.07, 6.45) is 6.65. The number of fused-ring (bicyclic) bond motifs is 3. The molecule has 1 N–H and O–H groups in total. The van der Waals surface area contributed by atoms with E-state index >= 15 is 0 Å². The van der Waals surface area contributed by atoms with E-state index < -0.39 is 0 Å². The SMILES string of the molecule is CC(C)c1ccc2c(c1)CC[C@@H]1[C@@](C)(CNCc3ccccc3)CCC[C@@]21C. The number of hydrogen-bond acceptors (Lipinski definition) is 1. The monoisotopic (exact) mass is 375 g/mol. The molecule has 2 aromatic carbocycles. The lowest BCUT2D eigenvalue weighted by molar-refractivity contribution is 0.0257. The third-order valence-electron chi connectivity index (χ3n) is 7.87. The Balaban J connectivity index is 1.54. The Morgan fingerprint density at radius 3 is 2.57 bits per heavy atom. The van der Waals surface area contributed by atoms with Crippen LogP contribution in [0.4, 0.5) is 0 Å². The van der Waals surface area contributed by atoms with Crippen molar-refractivity contribution >= 4 is 0 Å². The van der Waals surface area contributed by atoms with E-state index in [2.05, 4.69) is 81.5 Å². The van der Waals surface area contributed by atoms with Crippen molar-refractivity contribution in [3.63, 3.8) is 0 Å². The minimum absolute atomic E-state index is 0.338. The summed E-state index contributed by atoms with van der Waals surface area (Å²) in [5, 5.41) is 3.81. The molecule has 0 aliphatic heterocycles. The molecule has 0 saturated heterocycles. The normalized spacial score (nSPS) is 29.4. The Kier molecular flexibility index (Phi) is 5.40. The van der Waals surface area contributed by atoms with Gasteiger partial charge in [0.15, 0.2) is 0 Å². The summed E-state index contributed by atoms with van der Waals surface area (Å²) in [6.45, 7) is 11.9. The highest BCUT2D eigenvalue weighted by molar-refractivity contribution is 5.42. The van der Waals surface area contributed by atoms with Gasteiger partial charge in [-0.25, -0.2) is 0 Å². The van der Waals surface area contributed by atoms with E-state index in [1.54, 1.807) is 11.1 Å². The molecule has 0 bridgehead atoms. The van der Waals surface area contributed by atoms with Gasteiger partial charge >= 0.3 is 0 Å². The Labute approximate surface area is 172 Å². The zero-order valence-corrected chi connectivity index (χ0v) is 18.2. The molecule has 0 spiro atoms. The van der Waals surface area contributed by atoms with Crippen LogP contribution >= 0.6 is 0 Å². The highest BCUT2D eigenvalue weighted by Gasteiger charge is 2.51. The Morgan fingerprint density at radius 2 is 1.82 bits per heavy atom. The number of rotatable bonds is 5. The first-order valence-electron chi connectivity index (χ1n) is 11.3. The van der Waals surface area contributed by atoms with Gasteiger partial charge in [0.2, 0.25) is 0 Å². The standard InChI is InChI=1S/C27H37N/c1-20(2)22-11-13-24-23(17-22)12-14-25-26(3,15-8-16-27(24,25)4)19-28-18-21-9-6-5-7-10-21/h5-7,9-11,13,17,20,25,28H,8,12,14-16,18-19H2,1-4H3/t25-,26-,27+/m1/s1. The molecular formula is C27H37N. The fraction of sp³-hybridized carbons (Fsp3) is 0.556. The van der Waals surface area contributed by atoms with Gasteiger partial charge in [-0.3, -0.25) is 0 Å². The van der Waals surface area contributed by atoms with Crippen LogP contribution in [-0.4, -0.2) is 6.54 Å². The molecule has 0 amide bonds. The van der Waals surface area contributed by atoms with Gasteiger partial charge in [0.25, 0.3) is 0 Å². The minimum atomic E-state index is 0.338. The summed E-state index contributed by atoms with van der Waals surface area (Å²) in [5.41, 5.74) is 6.90. The summed E-state index contributed by atoms with van der Waals surface area (Å²) in [4.78, 5) is 0. The molecule has 1 heteroatoms. The maximum Gasteiger partial charge on any atom is 0.0205 e. The summed E-state index contributed by atoms with van der Waals surface area (Å²) in [7, 11) is 0. The molecule has 3 atom stereocenters. The van der Waals surface area contributed by atoms with Gasteiger partial charge in [0, 0.05) is 13.1 Å². The lowest BCUT2D eigenvalue weighted by atomic mass is 9.49. The van der Waals surface area contributed by atoms with Gasteiger partial charge in [-0.2, -0.15) is 0 Å². The summed E-state index contributed by atoms with van der Waals surface area (Å²) in [6, 6.07) is 18.2. The van der Waals surface area contributed by atoms with Crippen LogP contribution in [0.2, 0.25) is 0 Å². The van der Waals surface area contributed by atoms with Crippen LogP contribution in [0.15, 0.2) is 48.5 Å². The molecule has 2 aromatic rings. The molecule has 150 valence electrons. The zero-order chi connectivity index (χ0) is 19.8. The van der Waals surface area contributed by atoms with Crippen molar-refractivity contribution < 1.29 is 0 Å². The van der Waals surface area contributed by atoms with Crippen molar-refractivity contribution in [3.8, 4) is 0 Å². The molecule has 4 rings (SSSR count). The predicted molar refractivity (Wildman–Crippen MR) is 120 cm³/mol. The third-order valence-corrected chi connectivity index (χ3v) is 7.87. The first-order valence-corrected chi connectivity index (χ1v) is 11.3. The fourth-order valence-electron chi connectivity index (χ4n) is 6.30.